The largest absolute Gasteiger partial charge is 0.493 e. The minimum absolute atomic E-state index is 0.00151. The van der Waals surface area contributed by atoms with Crippen LogP contribution in [0.25, 0.3) is 0 Å². The number of amides is 1. The van der Waals surface area contributed by atoms with Crippen molar-refractivity contribution in [1.29, 1.82) is 0 Å². The first-order valence-electron chi connectivity index (χ1n) is 12.5. The normalized spacial score (nSPS) is 20.4. The highest BCUT2D eigenvalue weighted by molar-refractivity contribution is 7.89. The maximum atomic E-state index is 13.3. The third-order valence-electron chi connectivity index (χ3n) is 6.53. The molecule has 2 aliphatic rings. The van der Waals surface area contributed by atoms with E-state index in [4.69, 9.17) is 18.9 Å². The molecule has 4 rings (SSSR count). The van der Waals surface area contributed by atoms with Crippen molar-refractivity contribution in [3.8, 4) is 11.5 Å². The Morgan fingerprint density at radius 3 is 2.19 bits per heavy atom. The van der Waals surface area contributed by atoms with Crippen molar-refractivity contribution in [3.05, 3.63) is 48.0 Å². The molecule has 10 nitrogen and oxygen atoms in total. The zero-order valence-electron chi connectivity index (χ0n) is 21.2. The molecular weight excluding hydrogens is 498 g/mol. The van der Waals surface area contributed by atoms with Crippen LogP contribution < -0.4 is 24.8 Å². The highest BCUT2D eigenvalue weighted by Gasteiger charge is 2.25. The number of ether oxygens (including phenoxy) is 4. The van der Waals surface area contributed by atoms with Gasteiger partial charge in [0.15, 0.2) is 11.5 Å². The zero-order valence-corrected chi connectivity index (χ0v) is 22.0. The minimum Gasteiger partial charge on any atom is -0.493 e. The summed E-state index contributed by atoms with van der Waals surface area (Å²) in [5.41, 5.74) is 1.25. The van der Waals surface area contributed by atoms with Gasteiger partial charge in [-0.2, -0.15) is 0 Å². The van der Waals surface area contributed by atoms with Crippen molar-refractivity contribution < 1.29 is 32.2 Å². The minimum atomic E-state index is -3.68. The van der Waals surface area contributed by atoms with Crippen molar-refractivity contribution in [2.24, 2.45) is 0 Å². The van der Waals surface area contributed by atoms with Crippen LogP contribution in [0.15, 0.2) is 47.4 Å². The summed E-state index contributed by atoms with van der Waals surface area (Å²) >= 11 is 0. The van der Waals surface area contributed by atoms with E-state index >= 15 is 0 Å². The van der Waals surface area contributed by atoms with E-state index in [9.17, 15) is 13.2 Å². The second-order valence-corrected chi connectivity index (χ2v) is 10.9. The molecule has 2 saturated heterocycles. The number of benzene rings is 2. The van der Waals surface area contributed by atoms with Gasteiger partial charge in [-0.15, -0.1) is 0 Å². The Hall–Kier alpha value is -2.86. The monoisotopic (exact) mass is 533 g/mol. The molecule has 37 heavy (non-hydrogen) atoms. The molecule has 2 aromatic carbocycles. The van der Waals surface area contributed by atoms with Crippen molar-refractivity contribution in [2.45, 2.75) is 48.8 Å². The number of nitrogens with one attached hydrogen (secondary N) is 3. The highest BCUT2D eigenvalue weighted by atomic mass is 32.2. The van der Waals surface area contributed by atoms with Crippen molar-refractivity contribution >= 4 is 21.6 Å². The molecule has 0 spiro atoms. The van der Waals surface area contributed by atoms with E-state index in [1.54, 1.807) is 37.4 Å². The Labute approximate surface area is 218 Å². The Kier molecular flexibility index (Phi) is 9.25. The molecule has 0 aliphatic carbocycles. The molecule has 3 atom stereocenters. The SMILES string of the molecule is COc1ccc([C@@H](Nc2ccc(S(=O)(=O)NC[C@@H]3CCCO3)cc2)C(=O)NC[C@@H]2CCCO2)cc1OC. The number of rotatable bonds is 12. The molecule has 0 saturated carbocycles. The lowest BCUT2D eigenvalue weighted by molar-refractivity contribution is -0.122. The molecule has 11 heteroatoms. The summed E-state index contributed by atoms with van der Waals surface area (Å²) in [4.78, 5) is 13.4. The molecule has 2 aromatic rings. The fourth-order valence-electron chi connectivity index (χ4n) is 4.44. The van der Waals surface area contributed by atoms with E-state index in [-0.39, 0.29) is 29.6 Å². The summed E-state index contributed by atoms with van der Waals surface area (Å²) in [6.07, 6.45) is 3.58. The lowest BCUT2D eigenvalue weighted by atomic mass is 10.0. The number of hydrogen-bond donors (Lipinski definition) is 3. The van der Waals surface area contributed by atoms with Gasteiger partial charge in [0, 0.05) is 32.0 Å². The van der Waals surface area contributed by atoms with Gasteiger partial charge >= 0.3 is 0 Å². The summed E-state index contributed by atoms with van der Waals surface area (Å²) in [6, 6.07) is 10.8. The first-order valence-corrected chi connectivity index (χ1v) is 14.0. The highest BCUT2D eigenvalue weighted by Crippen LogP contribution is 2.31. The van der Waals surface area contributed by atoms with Gasteiger partial charge in [0.05, 0.1) is 31.3 Å². The van der Waals surface area contributed by atoms with Crippen LogP contribution in [0.4, 0.5) is 5.69 Å². The van der Waals surface area contributed by atoms with Crippen LogP contribution in [0.3, 0.4) is 0 Å². The summed E-state index contributed by atoms with van der Waals surface area (Å²) in [7, 11) is -0.594. The molecule has 0 unspecified atom stereocenters. The second kappa shape index (κ2) is 12.6. The molecule has 2 fully saturated rings. The first kappa shape index (κ1) is 27.2. The van der Waals surface area contributed by atoms with E-state index in [0.717, 1.165) is 25.7 Å². The van der Waals surface area contributed by atoms with E-state index < -0.39 is 16.1 Å². The Balaban J connectivity index is 1.49. The van der Waals surface area contributed by atoms with Crippen LogP contribution in [-0.4, -0.2) is 67.1 Å². The summed E-state index contributed by atoms with van der Waals surface area (Å²) in [5.74, 6) is 0.810. The van der Waals surface area contributed by atoms with Crippen LogP contribution in [0.5, 0.6) is 11.5 Å². The molecule has 2 heterocycles. The smallest absolute Gasteiger partial charge is 0.247 e. The van der Waals surface area contributed by atoms with Gasteiger partial charge in [0.25, 0.3) is 0 Å². The van der Waals surface area contributed by atoms with E-state index in [2.05, 4.69) is 15.4 Å². The lowest BCUT2D eigenvalue weighted by Crippen LogP contribution is -2.38. The number of anilines is 1. The van der Waals surface area contributed by atoms with Gasteiger partial charge in [0.1, 0.15) is 6.04 Å². The van der Waals surface area contributed by atoms with Crippen LogP contribution >= 0.6 is 0 Å². The molecule has 0 bridgehead atoms. The predicted octanol–water partition coefficient (Wildman–Crippen LogP) is 2.61. The first-order chi connectivity index (χ1) is 17.9. The maximum Gasteiger partial charge on any atom is 0.247 e. The van der Waals surface area contributed by atoms with Gasteiger partial charge in [-0.05, 0) is 67.6 Å². The number of carbonyl (C=O) groups is 1. The van der Waals surface area contributed by atoms with Gasteiger partial charge in [-0.25, -0.2) is 13.1 Å². The van der Waals surface area contributed by atoms with Gasteiger partial charge in [0.2, 0.25) is 15.9 Å². The number of carbonyl (C=O) groups excluding carboxylic acids is 1. The van der Waals surface area contributed by atoms with Gasteiger partial charge < -0.3 is 29.6 Å². The van der Waals surface area contributed by atoms with Gasteiger partial charge in [-0.1, -0.05) is 6.07 Å². The van der Waals surface area contributed by atoms with Crippen molar-refractivity contribution in [3.63, 3.8) is 0 Å². The lowest BCUT2D eigenvalue weighted by Gasteiger charge is -2.22. The Morgan fingerprint density at radius 2 is 1.59 bits per heavy atom. The predicted molar refractivity (Wildman–Crippen MR) is 138 cm³/mol. The van der Waals surface area contributed by atoms with Gasteiger partial charge in [-0.3, -0.25) is 4.79 Å². The molecule has 202 valence electrons. The summed E-state index contributed by atoms with van der Waals surface area (Å²) in [5, 5.41) is 6.20. The third kappa shape index (κ3) is 7.13. The fraction of sp³-hybridized carbons (Fsp3) is 0.500. The standard InChI is InChI=1S/C26H35N3O7S/c1-33-23-12-7-18(15-24(23)34-2)25(26(30)27-16-20-5-3-13-35-20)29-19-8-10-22(11-9-19)37(31,32)28-17-21-6-4-14-36-21/h7-12,15,20-21,25,28-29H,3-6,13-14,16-17H2,1-2H3,(H,27,30)/t20-,21-,25+/m0/s1. The maximum absolute atomic E-state index is 13.3. The zero-order chi connectivity index (χ0) is 26.3. The quantitative estimate of drug-likeness (QED) is 0.380. The number of hydrogen-bond acceptors (Lipinski definition) is 8. The third-order valence-corrected chi connectivity index (χ3v) is 7.97. The molecule has 0 aromatic heterocycles. The fourth-order valence-corrected chi connectivity index (χ4v) is 5.51. The van der Waals surface area contributed by atoms with Crippen LogP contribution in [0.2, 0.25) is 0 Å². The van der Waals surface area contributed by atoms with E-state index in [1.165, 1.54) is 19.2 Å². The Bertz CT molecular complexity index is 1150. The number of sulfonamides is 1. The van der Waals surface area contributed by atoms with Crippen molar-refractivity contribution in [1.82, 2.24) is 10.0 Å². The summed E-state index contributed by atoms with van der Waals surface area (Å²) < 4.78 is 49.9. The topological polar surface area (TPSA) is 124 Å². The van der Waals surface area contributed by atoms with Crippen LogP contribution in [0, 0.1) is 0 Å². The van der Waals surface area contributed by atoms with Crippen LogP contribution in [-0.2, 0) is 24.3 Å². The average molecular weight is 534 g/mol. The molecular formula is C26H35N3O7S. The van der Waals surface area contributed by atoms with E-state index in [0.29, 0.717) is 42.5 Å². The summed E-state index contributed by atoms with van der Waals surface area (Å²) in [6.45, 7) is 2.03. The Morgan fingerprint density at radius 1 is 0.946 bits per heavy atom. The van der Waals surface area contributed by atoms with E-state index in [1.807, 2.05) is 0 Å². The average Bonchev–Trinajstić information content (AvgIpc) is 3.64. The second-order valence-electron chi connectivity index (χ2n) is 9.08. The van der Waals surface area contributed by atoms with Crippen LogP contribution in [0.1, 0.15) is 37.3 Å². The molecule has 0 radical (unpaired) electrons. The molecule has 2 aliphatic heterocycles. The number of methoxy groups -OCH3 is 2. The molecule has 3 N–H and O–H groups in total. The molecule has 1 amide bonds. The van der Waals surface area contributed by atoms with Crippen molar-refractivity contribution in [2.75, 3.05) is 45.8 Å².